The average molecular weight is 2120 g/mol. The van der Waals surface area contributed by atoms with Gasteiger partial charge in [0.1, 0.15) is 64.0 Å². The van der Waals surface area contributed by atoms with Crippen LogP contribution >= 0.6 is 92.8 Å². The number of carbonyl (C=O) groups excluding carboxylic acids is 8. The van der Waals surface area contributed by atoms with Crippen LogP contribution in [0.4, 0.5) is 63.6 Å². The first-order chi connectivity index (χ1) is 68.1. The van der Waals surface area contributed by atoms with Crippen molar-refractivity contribution in [2.45, 2.75) is 72.1 Å². The lowest BCUT2D eigenvalue weighted by Gasteiger charge is -2.29. The largest absolute Gasteiger partial charge is 0.377 e. The number of carbonyl (C=O) groups is 8. The Kier molecular flexibility index (Phi) is 38.8. The van der Waals surface area contributed by atoms with E-state index < -0.39 is 70.0 Å². The number of pyridine rings is 4. The van der Waals surface area contributed by atoms with Crippen molar-refractivity contribution in [3.8, 4) is 0 Å². The summed E-state index contributed by atoms with van der Waals surface area (Å²) in [5.41, 5.74) is 6.17. The van der Waals surface area contributed by atoms with Crippen LogP contribution in [0.2, 0.25) is 40.2 Å². The normalized spacial score (nSPS) is 12.3. The summed E-state index contributed by atoms with van der Waals surface area (Å²) in [5, 5.41) is 41.2. The molecule has 0 radical (unpaired) electrons. The van der Waals surface area contributed by atoms with Crippen LogP contribution < -0.4 is 46.2 Å². The van der Waals surface area contributed by atoms with E-state index in [1.165, 1.54) is 105 Å². The summed E-state index contributed by atoms with van der Waals surface area (Å²) in [6.45, 7) is 5.91. The monoisotopic (exact) mass is 2110 g/mol. The van der Waals surface area contributed by atoms with E-state index in [9.17, 15) is 47.1 Å². The highest BCUT2D eigenvalue weighted by molar-refractivity contribution is 6.34. The molecule has 12 aromatic rings. The number of hydrogen-bond acceptors (Lipinski definition) is 21. The summed E-state index contributed by atoms with van der Waals surface area (Å²) in [7, 11) is 14.1. The van der Waals surface area contributed by atoms with Gasteiger partial charge in [-0.2, -0.15) is 0 Å². The molecule has 3 aliphatic heterocycles. The highest BCUT2D eigenvalue weighted by Crippen LogP contribution is 2.37. The molecule has 15 rings (SSSR count). The van der Waals surface area contributed by atoms with Gasteiger partial charge in [0, 0.05) is 227 Å². The molecule has 8 aromatic carbocycles. The molecule has 4 amide bonds. The predicted molar refractivity (Wildman–Crippen MR) is 568 cm³/mol. The smallest absolute Gasteiger partial charge is 0.257 e. The third-order valence-corrected chi connectivity index (χ3v) is 24.8. The molecular weight excluding hydrogens is 2010 g/mol. The summed E-state index contributed by atoms with van der Waals surface area (Å²) in [6.07, 6.45) is 9.82. The van der Waals surface area contributed by atoms with Gasteiger partial charge in [0.15, 0.2) is 23.1 Å². The number of nitrogens with one attached hydrogen (secondary N) is 8. The van der Waals surface area contributed by atoms with Gasteiger partial charge in [-0.1, -0.05) is 124 Å². The fourth-order valence-electron chi connectivity index (χ4n) is 15.9. The average Bonchev–Trinajstić information content (AvgIpc) is 0.865. The molecule has 0 atom stereocenters. The summed E-state index contributed by atoms with van der Waals surface area (Å²) >= 11 is 48.6. The van der Waals surface area contributed by atoms with Crippen LogP contribution in [0.15, 0.2) is 200 Å². The molecule has 27 nitrogen and oxygen atoms in total. The number of anilines is 8. The van der Waals surface area contributed by atoms with Gasteiger partial charge in [-0.05, 0) is 212 Å². The molecular formula is C105H101Cl8F4N19O8. The topological polar surface area (TPSA) is 352 Å². The first kappa shape index (κ1) is 111. The van der Waals surface area contributed by atoms with E-state index in [2.05, 4.69) is 51.5 Å². The zero-order chi connectivity index (χ0) is 103. The van der Waals surface area contributed by atoms with Crippen LogP contribution in [0.3, 0.4) is 0 Å². The molecule has 0 spiro atoms. The fraction of sp³-hybridized carbons (Fsp3) is 0.238. The van der Waals surface area contributed by atoms with E-state index >= 15 is 8.78 Å². The van der Waals surface area contributed by atoms with Crippen LogP contribution in [0.1, 0.15) is 174 Å². The van der Waals surface area contributed by atoms with Gasteiger partial charge in [-0.25, -0.2) is 37.5 Å². The van der Waals surface area contributed by atoms with E-state index in [1.54, 1.807) is 167 Å². The van der Waals surface area contributed by atoms with E-state index in [1.807, 2.05) is 9.80 Å². The lowest BCUT2D eigenvalue weighted by Crippen LogP contribution is -2.35. The van der Waals surface area contributed by atoms with Crippen LogP contribution in [-0.4, -0.2) is 195 Å². The van der Waals surface area contributed by atoms with Crippen molar-refractivity contribution < 1.29 is 55.9 Å². The van der Waals surface area contributed by atoms with Gasteiger partial charge in [0.2, 0.25) is 0 Å². The predicted octanol–water partition coefficient (Wildman–Crippen LogP) is 22.7. The Hall–Kier alpha value is -13.8. The number of Topliss-reactive ketones (excluding diaryl/α,β-unsaturated/α-hetero) is 4. The quantitative estimate of drug-likeness (QED) is 0.00977. The molecule has 144 heavy (non-hydrogen) atoms. The van der Waals surface area contributed by atoms with Crippen molar-refractivity contribution in [3.63, 3.8) is 0 Å². The van der Waals surface area contributed by atoms with Crippen molar-refractivity contribution in [3.05, 3.63) is 347 Å². The number of amides is 4. The number of aliphatic imine (C=N–C) groups is 1. The van der Waals surface area contributed by atoms with E-state index in [4.69, 9.17) is 109 Å². The van der Waals surface area contributed by atoms with Crippen molar-refractivity contribution in [2.24, 2.45) is 4.99 Å². The maximum absolute atomic E-state index is 15.2. The number of ketones is 4. The van der Waals surface area contributed by atoms with Crippen LogP contribution in [0.5, 0.6) is 0 Å². The number of halogens is 12. The first-order valence-electron chi connectivity index (χ1n) is 44.6. The summed E-state index contributed by atoms with van der Waals surface area (Å²) in [4.78, 5) is 137. The molecule has 39 heteroatoms. The maximum atomic E-state index is 15.2. The third kappa shape index (κ3) is 28.9. The number of nitrogens with zero attached hydrogens (tertiary/aromatic N) is 11. The molecule has 2 saturated heterocycles. The number of amidine groups is 3. The Balaban J connectivity index is 0.000000183. The molecule has 2 fully saturated rings. The SMILES string of the molecule is C.CC(=N)c1ccc(C(=O)Cc2c(C(=O)Nc3ccc(Cl)cn3)cc(Cl)cc2N(C)C)c(F)c1.CN(C)c1cc(Cl)cc(C(=O)Nc2ccc(Cl)cn2)c1CC(=O)c1ccc(C(=N)N2CCCC2)cc1F.CN(C)c1cc(Cl)cc(C(=O)Nc2ccc(Cl)cn2)c1CC(=O)c1ccc(C(=N)N2CCCCC2)cc1F.CN(C)c1cc(Cl)cc(C(=O)Nc2ccc(Cl)cn2)c1CC(=O)c1ccc(C2=NCCN2)cc1F. The molecule has 3 aliphatic rings. The number of hydrogen-bond donors (Lipinski definition) is 8. The van der Waals surface area contributed by atoms with Crippen LogP contribution in [0.25, 0.3) is 0 Å². The number of rotatable bonds is 28. The van der Waals surface area contributed by atoms with Crippen molar-refractivity contribution in [1.82, 2.24) is 35.1 Å². The molecule has 4 aromatic heterocycles. The van der Waals surface area contributed by atoms with Gasteiger partial charge in [-0.3, -0.25) is 54.2 Å². The van der Waals surface area contributed by atoms with Crippen molar-refractivity contribution in [1.29, 1.82) is 16.2 Å². The fourth-order valence-corrected chi connectivity index (χ4v) is 17.1. The van der Waals surface area contributed by atoms with E-state index in [0.717, 1.165) is 64.3 Å². The minimum atomic E-state index is -0.721. The maximum Gasteiger partial charge on any atom is 0.257 e. The Morgan fingerprint density at radius 3 is 0.847 bits per heavy atom. The molecule has 0 bridgehead atoms. The number of likely N-dealkylation sites (tertiary alicyclic amines) is 2. The van der Waals surface area contributed by atoms with Gasteiger partial charge in [-0.15, -0.1) is 0 Å². The lowest BCUT2D eigenvalue weighted by molar-refractivity contribution is 0.0977. The second kappa shape index (κ2) is 50.5. The van der Waals surface area contributed by atoms with Gasteiger partial charge >= 0.3 is 0 Å². The zero-order valence-corrected chi connectivity index (χ0v) is 84.9. The highest BCUT2D eigenvalue weighted by atomic mass is 35.5. The van der Waals surface area contributed by atoms with Crippen molar-refractivity contribution >= 4 is 209 Å². The molecule has 0 saturated carbocycles. The minimum Gasteiger partial charge on any atom is -0.377 e. The first-order valence-corrected chi connectivity index (χ1v) is 47.6. The molecule has 7 heterocycles. The molecule has 8 N–H and O–H groups in total. The van der Waals surface area contributed by atoms with Gasteiger partial charge in [0.25, 0.3) is 23.6 Å². The molecule has 0 aliphatic carbocycles. The second-order valence-electron chi connectivity index (χ2n) is 34.0. The number of piperidine rings is 1. The Morgan fingerprint density at radius 1 is 0.340 bits per heavy atom. The van der Waals surface area contributed by atoms with Crippen molar-refractivity contribution in [2.75, 3.05) is 137 Å². The zero-order valence-electron chi connectivity index (χ0n) is 78.8. The number of benzene rings is 8. The third-order valence-electron chi connectivity index (χ3n) is 23.0. The van der Waals surface area contributed by atoms with Crippen LogP contribution in [-0.2, 0) is 25.7 Å². The minimum absolute atomic E-state index is 0. The second-order valence-corrected chi connectivity index (χ2v) is 37.5. The standard InChI is InChI=1S/C28H28Cl2FN5O2.C27H26Cl2FN5O2.C25H22Cl2FN5O2.C24H21Cl2FN4O2.CH4/c1-35(2)24-14-19(30)13-22(28(38)34-26-9-7-18(29)16-33-26)21(24)15-25(37)20-8-6-17(12-23(20)31)27(32)36-10-4-3-5-11-36;1-34(2)23-13-18(29)12-21(27(37)33-25-8-6-17(28)15-32-25)20(23)14-24(36)19-7-5-16(11-22(19)30)26(31)35-9-3-4-10-35;1-33(2)21-11-16(27)10-19(25(35)32-23-6-4-15(26)13-31-23)18(21)12-22(34)17-5-3-14(9-20(17)28)24-29-7-8-30-24;1-13(28)14-4-6-17(20(27)8-14)22(32)11-18-19(9-16(26)10-21(18)31(2)3)24(33)30-23-7-5-15(25)12-29-23;/h6-9,12-14,16,32H,3-5,10-11,15H2,1-2H3,(H,33,34,38);5-8,11-13,15,31H,3-4,9-10,14H2,1-2H3,(H,32,33,37);3-6,9-11,13H,7-8,12H2,1-2H3,(H,29,30)(H,31,32,35);4-10,12,28H,11H2,1-3H3,(H,29,30,33);1H4. The lowest BCUT2D eigenvalue weighted by atomic mass is 9.95. The molecule has 748 valence electrons. The van der Waals surface area contributed by atoms with E-state index in [-0.39, 0.29) is 118 Å². The van der Waals surface area contributed by atoms with Crippen LogP contribution in [0, 0.1) is 39.5 Å². The summed E-state index contributed by atoms with van der Waals surface area (Å²) in [6, 6.07) is 41.9. The number of aromatic nitrogens is 4. The Morgan fingerprint density at radius 2 is 0.604 bits per heavy atom. The highest BCUT2D eigenvalue weighted by Gasteiger charge is 2.31. The summed E-state index contributed by atoms with van der Waals surface area (Å²) in [5.74, 6) is -4.59. The van der Waals surface area contributed by atoms with Gasteiger partial charge in [0.05, 0.1) is 48.9 Å². The Labute approximate surface area is 870 Å². The van der Waals surface area contributed by atoms with E-state index in [0.29, 0.717) is 126 Å². The Bertz CT molecular complexity index is 6930. The molecule has 0 unspecified atom stereocenters. The summed E-state index contributed by atoms with van der Waals surface area (Å²) < 4.78 is 59.8. The van der Waals surface area contributed by atoms with Gasteiger partial charge < -0.3 is 61.4 Å².